The Kier molecular flexibility index (Phi) is 44.9. The van der Waals surface area contributed by atoms with E-state index in [2.05, 4.69) is 104 Å². The first kappa shape index (κ1) is 60.5. The second-order valence-electron chi connectivity index (χ2n) is 11.4. The number of nitrogens with zero attached hydrogens (tertiary/aromatic N) is 2. The summed E-state index contributed by atoms with van der Waals surface area (Å²) in [6.07, 6.45) is 0. The Balaban J connectivity index is -0.000000235. The molecule has 0 spiro atoms. The van der Waals surface area contributed by atoms with Crippen molar-refractivity contribution in [3.63, 3.8) is 0 Å². The third-order valence-electron chi connectivity index (χ3n) is 6.62. The number of aliphatic hydroxyl groups is 4. The zero-order chi connectivity index (χ0) is 33.7. The molecule has 0 fully saturated rings. The number of hydrogen-bond donors (Lipinski definition) is 6. The summed E-state index contributed by atoms with van der Waals surface area (Å²) >= 11 is 0. The van der Waals surface area contributed by atoms with Crippen LogP contribution in [0.4, 0.5) is 0 Å². The molecule has 8 nitrogen and oxygen atoms in total. The number of likely N-dealkylation sites (N-methyl/N-ethyl adjacent to an activating group) is 1. The molecule has 2 aromatic carbocycles. The zero-order valence-corrected chi connectivity index (χ0v) is 35.1. The van der Waals surface area contributed by atoms with E-state index in [-0.39, 0.29) is 82.0 Å². The van der Waals surface area contributed by atoms with Crippen LogP contribution in [0.3, 0.4) is 0 Å². The normalized spacial score (nSPS) is 9.65. The van der Waals surface area contributed by atoms with Crippen LogP contribution in [0.5, 0.6) is 11.5 Å². The topological polar surface area (TPSA) is 128 Å². The van der Waals surface area contributed by atoms with Gasteiger partial charge in [0.25, 0.3) is 0 Å². The van der Waals surface area contributed by atoms with E-state index >= 15 is 0 Å². The second kappa shape index (κ2) is 34.1. The first-order valence-corrected chi connectivity index (χ1v) is 14.7. The van der Waals surface area contributed by atoms with Crippen molar-refractivity contribution in [3.8, 4) is 11.5 Å². The fraction of sp³-hybridized carbons (Fsp3) is 0.611. The molecule has 2 aromatic rings. The summed E-state index contributed by atoms with van der Waals surface area (Å²) in [5.41, 5.74) is 6.61. The van der Waals surface area contributed by atoms with E-state index in [1.165, 1.54) is 11.1 Å². The minimum Gasteiger partial charge on any atom is -0.507 e. The van der Waals surface area contributed by atoms with Crippen LogP contribution in [0, 0.1) is 14.9 Å². The van der Waals surface area contributed by atoms with Gasteiger partial charge in [-0.05, 0) is 71.1 Å². The summed E-state index contributed by atoms with van der Waals surface area (Å²) in [5.74, 6) is 1.99. The van der Waals surface area contributed by atoms with Gasteiger partial charge in [0, 0.05) is 98.1 Å². The predicted octanol–water partition coefficient (Wildman–Crippen LogP) is 6.48. The Morgan fingerprint density at radius 1 is 0.478 bits per heavy atom. The number of aromatic hydroxyl groups is 2. The van der Waals surface area contributed by atoms with Gasteiger partial charge in [0.05, 0.1) is 0 Å². The Morgan fingerprint density at radius 2 is 0.696 bits per heavy atom. The molecule has 0 saturated carbocycles. The van der Waals surface area contributed by atoms with Crippen LogP contribution in [-0.4, -0.2) is 96.1 Å². The maximum absolute atomic E-state index is 10.8. The molecule has 0 atom stereocenters. The van der Waals surface area contributed by atoms with Gasteiger partial charge in [0.15, 0.2) is 0 Å². The monoisotopic (exact) mass is 722 g/mol. The zero-order valence-electron chi connectivity index (χ0n) is 32.0. The molecular weight excluding hydrogens is 652 g/mol. The van der Waals surface area contributed by atoms with Gasteiger partial charge in [0.2, 0.25) is 0 Å². The summed E-state index contributed by atoms with van der Waals surface area (Å²) < 4.78 is 0. The molecule has 0 bridgehead atoms. The maximum Gasteiger partial charge on any atom is 0.122 e. The fourth-order valence-electron chi connectivity index (χ4n) is 4.50. The van der Waals surface area contributed by atoms with Crippen molar-refractivity contribution in [2.75, 3.05) is 55.6 Å². The van der Waals surface area contributed by atoms with Gasteiger partial charge in [0.1, 0.15) is 11.5 Å². The Morgan fingerprint density at radius 3 is 0.870 bits per heavy atom. The van der Waals surface area contributed by atoms with Gasteiger partial charge < -0.3 is 50.4 Å². The quantitative estimate of drug-likeness (QED) is 0.115. The standard InChI is InChI=1S/C30H48N2O2.4CH4O.2CH3.2Ti/c1-19(2)25-13-23(14-26(20(3)4)29(25)33)17-32(12-11-31(9)10)18-24-15-27(21(5)6)30(34)28(16-24)22(7)8;4*1-2;;;;/h13-16,19-22,33-34H,11-12,17-18H2,1-10H3;4*2H,1H3;2*1H3;;/q;;;;;2*-1;;. The van der Waals surface area contributed by atoms with E-state index < -0.39 is 0 Å². The van der Waals surface area contributed by atoms with Gasteiger partial charge in [-0.15, -0.1) is 0 Å². The summed E-state index contributed by atoms with van der Waals surface area (Å²) in [5, 5.41) is 49.7. The predicted molar refractivity (Wildman–Crippen MR) is 191 cm³/mol. The first-order valence-electron chi connectivity index (χ1n) is 14.7. The number of benzene rings is 2. The molecular formula is C36H70N2O6Ti2-2. The molecule has 0 aliphatic heterocycles. The van der Waals surface area contributed by atoms with E-state index in [1.807, 2.05) is 0 Å². The van der Waals surface area contributed by atoms with Gasteiger partial charge in [-0.1, -0.05) is 79.7 Å². The fourth-order valence-corrected chi connectivity index (χ4v) is 4.50. The molecule has 6 N–H and O–H groups in total. The number of hydrogen-bond acceptors (Lipinski definition) is 8. The number of phenols is 2. The summed E-state index contributed by atoms with van der Waals surface area (Å²) in [6.45, 7) is 20.7. The van der Waals surface area contributed by atoms with Crippen LogP contribution in [0.15, 0.2) is 24.3 Å². The minimum absolute atomic E-state index is 0. The average molecular weight is 723 g/mol. The van der Waals surface area contributed by atoms with E-state index in [9.17, 15) is 10.2 Å². The molecule has 0 amide bonds. The van der Waals surface area contributed by atoms with Crippen LogP contribution in [0.1, 0.15) is 112 Å². The average Bonchev–Trinajstić information content (AvgIpc) is 2.96. The SMILES string of the molecule is CC(C)c1cc(CN(CCN(C)C)Cc2cc(C(C)C)c(O)c(C(C)C)c2)cc(C(C)C)c1O.CO.CO.CO.CO.[CH3-].[CH3-].[Ti].[Ti]. The smallest absolute Gasteiger partial charge is 0.122 e. The Labute approximate surface area is 314 Å². The van der Waals surface area contributed by atoms with Crippen molar-refractivity contribution < 1.29 is 74.1 Å². The second-order valence-corrected chi connectivity index (χ2v) is 11.4. The van der Waals surface area contributed by atoms with Crippen LogP contribution >= 0.6 is 0 Å². The van der Waals surface area contributed by atoms with Crippen LogP contribution in [0.2, 0.25) is 0 Å². The number of phenolic OH excluding ortho intramolecular Hbond substituents is 2. The summed E-state index contributed by atoms with van der Waals surface area (Å²) in [7, 11) is 8.22. The maximum atomic E-state index is 10.8. The van der Waals surface area contributed by atoms with Crippen LogP contribution in [0.25, 0.3) is 0 Å². The first-order chi connectivity index (χ1) is 19.8. The van der Waals surface area contributed by atoms with Gasteiger partial charge in [-0.25, -0.2) is 0 Å². The van der Waals surface area contributed by atoms with Crippen molar-refractivity contribution in [1.29, 1.82) is 0 Å². The molecule has 2 rings (SSSR count). The van der Waals surface area contributed by atoms with Crippen molar-refractivity contribution in [2.45, 2.75) is 92.2 Å². The Bertz CT molecular complexity index is 842. The molecule has 10 heteroatoms. The number of rotatable bonds is 11. The molecule has 0 saturated heterocycles. The summed E-state index contributed by atoms with van der Waals surface area (Å²) in [4.78, 5) is 4.71. The molecule has 0 unspecified atom stereocenters. The van der Waals surface area contributed by atoms with Crippen molar-refractivity contribution in [1.82, 2.24) is 9.80 Å². The third kappa shape index (κ3) is 21.3. The molecule has 0 aliphatic carbocycles. The van der Waals surface area contributed by atoms with E-state index in [0.717, 1.165) is 76.9 Å². The van der Waals surface area contributed by atoms with Crippen LogP contribution < -0.4 is 0 Å². The summed E-state index contributed by atoms with van der Waals surface area (Å²) in [6, 6.07) is 8.74. The van der Waals surface area contributed by atoms with Crippen molar-refractivity contribution in [2.24, 2.45) is 0 Å². The third-order valence-corrected chi connectivity index (χ3v) is 6.62. The van der Waals surface area contributed by atoms with Crippen LogP contribution in [-0.2, 0) is 56.5 Å². The molecule has 0 heterocycles. The van der Waals surface area contributed by atoms with E-state index in [0.29, 0.717) is 11.5 Å². The van der Waals surface area contributed by atoms with E-state index in [1.54, 1.807) is 0 Å². The van der Waals surface area contributed by atoms with Gasteiger partial charge in [-0.2, -0.15) is 0 Å². The Hall–Kier alpha value is -0.771. The molecule has 270 valence electrons. The van der Waals surface area contributed by atoms with Gasteiger partial charge in [-0.3, -0.25) is 4.90 Å². The van der Waals surface area contributed by atoms with Crippen molar-refractivity contribution >= 4 is 0 Å². The molecule has 0 aromatic heterocycles. The van der Waals surface area contributed by atoms with Gasteiger partial charge >= 0.3 is 0 Å². The molecule has 0 aliphatic rings. The number of aliphatic hydroxyl groups excluding tert-OH is 4. The molecule has 46 heavy (non-hydrogen) atoms. The molecule has 0 radical (unpaired) electrons. The largest absolute Gasteiger partial charge is 0.507 e. The minimum atomic E-state index is 0. The van der Waals surface area contributed by atoms with E-state index in [4.69, 9.17) is 20.4 Å². The van der Waals surface area contributed by atoms with Crippen molar-refractivity contribution in [3.05, 3.63) is 72.5 Å².